The lowest BCUT2D eigenvalue weighted by molar-refractivity contribution is -0.116. The molecule has 4 nitrogen and oxygen atoms in total. The fourth-order valence-corrected chi connectivity index (χ4v) is 3.87. The zero-order chi connectivity index (χ0) is 19.8. The van der Waals surface area contributed by atoms with Gasteiger partial charge in [0, 0.05) is 23.3 Å². The molecule has 146 valence electrons. The van der Waals surface area contributed by atoms with Crippen molar-refractivity contribution in [3.05, 3.63) is 52.8 Å². The van der Waals surface area contributed by atoms with Gasteiger partial charge in [-0.15, -0.1) is 11.8 Å². The number of carbonyl (C=O) groups is 1. The van der Waals surface area contributed by atoms with Gasteiger partial charge in [-0.3, -0.25) is 4.79 Å². The van der Waals surface area contributed by atoms with Gasteiger partial charge < -0.3 is 9.94 Å². The van der Waals surface area contributed by atoms with Crippen LogP contribution < -0.4 is 0 Å². The van der Waals surface area contributed by atoms with Crippen molar-refractivity contribution < 1.29 is 23.5 Å². The number of rotatable bonds is 8. The molecule has 8 heteroatoms. The first-order chi connectivity index (χ1) is 12.9. The molecule has 1 aliphatic rings. The van der Waals surface area contributed by atoms with Gasteiger partial charge in [0.1, 0.15) is 12.4 Å². The number of carbonyl (C=O) groups excluding carboxylic acids is 1. The predicted molar refractivity (Wildman–Crippen MR) is 103 cm³/mol. The van der Waals surface area contributed by atoms with Gasteiger partial charge in [0.05, 0.1) is 11.3 Å². The normalized spacial score (nSPS) is 18.4. The Morgan fingerprint density at radius 1 is 1.41 bits per heavy atom. The zero-order valence-corrected chi connectivity index (χ0v) is 16.3. The first-order valence-electron chi connectivity index (χ1n) is 8.37. The summed E-state index contributed by atoms with van der Waals surface area (Å²) < 4.78 is 26.1. The zero-order valence-electron chi connectivity index (χ0n) is 14.8. The number of benzene rings is 1. The number of aliphatic hydroxyl groups is 1. The molecule has 0 amide bonds. The molecular formula is C19H20ClF2NO3S. The van der Waals surface area contributed by atoms with Crippen LogP contribution in [0.4, 0.5) is 8.78 Å². The molecule has 0 heterocycles. The highest BCUT2D eigenvalue weighted by molar-refractivity contribution is 7.99. The summed E-state index contributed by atoms with van der Waals surface area (Å²) in [5.41, 5.74) is 1.83. The van der Waals surface area contributed by atoms with Crippen molar-refractivity contribution in [3.63, 3.8) is 0 Å². The molecule has 1 aromatic rings. The second kappa shape index (κ2) is 10.5. The molecule has 0 saturated carbocycles. The van der Waals surface area contributed by atoms with E-state index in [0.29, 0.717) is 35.6 Å². The summed E-state index contributed by atoms with van der Waals surface area (Å²) in [6.07, 6.45) is 2.88. The molecule has 1 aromatic carbocycles. The Labute approximate surface area is 165 Å². The third kappa shape index (κ3) is 6.36. The Kier molecular flexibility index (Phi) is 8.31. The largest absolute Gasteiger partial charge is 0.511 e. The van der Waals surface area contributed by atoms with E-state index in [-0.39, 0.29) is 29.6 Å². The smallest absolute Gasteiger partial charge is 0.168 e. The summed E-state index contributed by atoms with van der Waals surface area (Å²) in [6, 6.07) is 3.76. The van der Waals surface area contributed by atoms with Crippen LogP contribution in [0.25, 0.3) is 0 Å². The number of aliphatic hydroxyl groups excluding tert-OH is 1. The van der Waals surface area contributed by atoms with Crippen molar-refractivity contribution in [2.45, 2.75) is 31.1 Å². The van der Waals surface area contributed by atoms with Gasteiger partial charge in [-0.2, -0.15) is 0 Å². The second-order valence-corrected chi connectivity index (χ2v) is 7.49. The van der Waals surface area contributed by atoms with Gasteiger partial charge in [0.2, 0.25) is 0 Å². The van der Waals surface area contributed by atoms with Gasteiger partial charge in [-0.05, 0) is 49.3 Å². The molecule has 0 aliphatic heterocycles. The van der Waals surface area contributed by atoms with E-state index in [9.17, 15) is 18.7 Å². The van der Waals surface area contributed by atoms with E-state index in [0.717, 1.165) is 12.1 Å². The Hall–Kier alpha value is -1.86. The van der Waals surface area contributed by atoms with Gasteiger partial charge in [0.15, 0.2) is 17.4 Å². The van der Waals surface area contributed by atoms with E-state index in [4.69, 9.17) is 16.4 Å². The van der Waals surface area contributed by atoms with Gasteiger partial charge in [0.25, 0.3) is 0 Å². The fourth-order valence-electron chi connectivity index (χ4n) is 2.76. The van der Waals surface area contributed by atoms with Crippen LogP contribution in [-0.4, -0.2) is 29.0 Å². The number of nitrogens with zero attached hydrogens (tertiary/aromatic N) is 1. The maximum atomic E-state index is 13.2. The third-order valence-corrected chi connectivity index (χ3v) is 5.24. The molecule has 0 radical (unpaired) electrons. The van der Waals surface area contributed by atoms with Crippen LogP contribution >= 0.6 is 23.4 Å². The van der Waals surface area contributed by atoms with Crippen molar-refractivity contribution in [3.8, 4) is 0 Å². The summed E-state index contributed by atoms with van der Waals surface area (Å²) in [7, 11) is 0. The van der Waals surface area contributed by atoms with E-state index in [1.165, 1.54) is 23.4 Å². The molecule has 1 atom stereocenters. The number of Topliss-reactive ketones (excluding diaryl/α,β-unsaturated/α-hetero) is 1. The number of thioether (sulfide) groups is 1. The number of allylic oxidation sites excluding steroid dienone is 2. The van der Waals surface area contributed by atoms with Crippen LogP contribution in [0, 0.1) is 17.6 Å². The van der Waals surface area contributed by atoms with Gasteiger partial charge in [-0.25, -0.2) is 8.78 Å². The minimum Gasteiger partial charge on any atom is -0.511 e. The molecule has 27 heavy (non-hydrogen) atoms. The molecule has 0 spiro atoms. The molecule has 0 saturated heterocycles. The molecular weight excluding hydrogens is 396 g/mol. The highest BCUT2D eigenvalue weighted by Crippen LogP contribution is 2.31. The van der Waals surface area contributed by atoms with Crippen molar-refractivity contribution in [2.75, 3.05) is 12.4 Å². The summed E-state index contributed by atoms with van der Waals surface area (Å²) in [4.78, 5) is 18.0. The van der Waals surface area contributed by atoms with Crippen LogP contribution in [-0.2, 0) is 9.63 Å². The van der Waals surface area contributed by atoms with Crippen molar-refractivity contribution in [1.82, 2.24) is 0 Å². The first-order valence-corrected chi connectivity index (χ1v) is 9.80. The number of oxime groups is 1. The standard InChI is InChI=1S/C19H20ClF2NO3S/c1-12(23-26-7-2-6-20)19-17(24)9-13(10-18(19)25)5-8-27-14-3-4-15(21)16(22)11-14/h2-4,6,11,13,24H,5,7-10H2,1H3/b6-2+,23-12-. The van der Waals surface area contributed by atoms with Crippen molar-refractivity contribution >= 4 is 34.9 Å². The Morgan fingerprint density at radius 3 is 2.85 bits per heavy atom. The van der Waals surface area contributed by atoms with Crippen LogP contribution in [0.5, 0.6) is 0 Å². The third-order valence-electron chi connectivity index (χ3n) is 4.03. The number of hydrogen-bond donors (Lipinski definition) is 1. The van der Waals surface area contributed by atoms with Crippen LogP contribution in [0.15, 0.2) is 51.2 Å². The van der Waals surface area contributed by atoms with Crippen LogP contribution in [0.3, 0.4) is 0 Å². The van der Waals surface area contributed by atoms with E-state index >= 15 is 0 Å². The Bertz CT molecular complexity index is 780. The van der Waals surface area contributed by atoms with E-state index < -0.39 is 11.6 Å². The first kappa shape index (κ1) is 21.4. The number of ketones is 1. The minimum absolute atomic E-state index is 0.00631. The number of hydrogen-bond acceptors (Lipinski definition) is 5. The molecule has 1 unspecified atom stereocenters. The van der Waals surface area contributed by atoms with E-state index in [1.807, 2.05) is 0 Å². The predicted octanol–water partition coefficient (Wildman–Crippen LogP) is 5.38. The fraction of sp³-hybridized carbons (Fsp3) is 0.368. The van der Waals surface area contributed by atoms with Crippen molar-refractivity contribution in [2.24, 2.45) is 11.1 Å². The quantitative estimate of drug-likeness (QED) is 0.268. The molecule has 2 rings (SSSR count). The average Bonchev–Trinajstić information content (AvgIpc) is 2.61. The molecule has 0 fully saturated rings. The van der Waals surface area contributed by atoms with Crippen molar-refractivity contribution in [1.29, 1.82) is 0 Å². The number of halogens is 3. The summed E-state index contributed by atoms with van der Waals surface area (Å²) in [5, 5.41) is 14.1. The van der Waals surface area contributed by atoms with E-state index in [1.54, 1.807) is 13.0 Å². The molecule has 0 aromatic heterocycles. The van der Waals surface area contributed by atoms with Crippen LogP contribution in [0.1, 0.15) is 26.2 Å². The lowest BCUT2D eigenvalue weighted by Crippen LogP contribution is -2.24. The molecule has 1 aliphatic carbocycles. The monoisotopic (exact) mass is 415 g/mol. The molecule has 1 N–H and O–H groups in total. The SMILES string of the molecule is C/C(=N/OC/C=C/Cl)C1=C(O)CC(CCSc2ccc(F)c(F)c2)CC1=O. The van der Waals surface area contributed by atoms with Gasteiger partial charge >= 0.3 is 0 Å². The summed E-state index contributed by atoms with van der Waals surface area (Å²) in [6.45, 7) is 1.78. The lowest BCUT2D eigenvalue weighted by atomic mass is 9.84. The summed E-state index contributed by atoms with van der Waals surface area (Å²) >= 11 is 6.76. The Morgan fingerprint density at radius 2 is 2.19 bits per heavy atom. The molecule has 0 bridgehead atoms. The minimum atomic E-state index is -0.878. The summed E-state index contributed by atoms with van der Waals surface area (Å²) in [5.74, 6) is -1.30. The van der Waals surface area contributed by atoms with Crippen LogP contribution in [0.2, 0.25) is 0 Å². The van der Waals surface area contributed by atoms with E-state index in [2.05, 4.69) is 5.16 Å². The second-order valence-electron chi connectivity index (χ2n) is 6.07. The topological polar surface area (TPSA) is 58.9 Å². The average molecular weight is 416 g/mol. The lowest BCUT2D eigenvalue weighted by Gasteiger charge is -2.23. The maximum Gasteiger partial charge on any atom is 0.168 e. The highest BCUT2D eigenvalue weighted by Gasteiger charge is 2.29. The highest BCUT2D eigenvalue weighted by atomic mass is 35.5. The van der Waals surface area contributed by atoms with Gasteiger partial charge in [-0.1, -0.05) is 16.8 Å². The maximum absolute atomic E-state index is 13.2. The Balaban J connectivity index is 1.90.